The first-order valence-corrected chi connectivity index (χ1v) is 7.40. The summed E-state index contributed by atoms with van der Waals surface area (Å²) in [6, 6.07) is -0.0724. The van der Waals surface area contributed by atoms with Crippen molar-refractivity contribution in [1.82, 2.24) is 19.5 Å². The average Bonchev–Trinajstić information content (AvgIpc) is 3.06. The molecule has 3 rings (SSSR count). The van der Waals surface area contributed by atoms with Crippen molar-refractivity contribution < 1.29 is 14.9 Å². The molecule has 1 saturated carbocycles. The highest BCUT2D eigenvalue weighted by atomic mass is 16.5. The first-order chi connectivity index (χ1) is 10.5. The molecule has 0 aromatic carbocycles. The van der Waals surface area contributed by atoms with Crippen molar-refractivity contribution in [3.8, 4) is 0 Å². The Morgan fingerprint density at radius 2 is 2.27 bits per heavy atom. The first kappa shape index (κ1) is 15.1. The minimum atomic E-state index is -0.690. The molecule has 8 heteroatoms. The fourth-order valence-electron chi connectivity index (χ4n) is 2.84. The van der Waals surface area contributed by atoms with Crippen LogP contribution in [0.25, 0.3) is 11.2 Å². The smallest absolute Gasteiger partial charge is 0.222 e. The van der Waals surface area contributed by atoms with E-state index in [9.17, 15) is 10.2 Å². The molecule has 0 saturated heterocycles. The van der Waals surface area contributed by atoms with E-state index in [1.165, 1.54) is 0 Å². The summed E-state index contributed by atoms with van der Waals surface area (Å²) >= 11 is 0. The maximum absolute atomic E-state index is 9.75. The van der Waals surface area contributed by atoms with Crippen LogP contribution >= 0.6 is 0 Å². The zero-order valence-corrected chi connectivity index (χ0v) is 12.7. The van der Waals surface area contributed by atoms with Gasteiger partial charge in [-0.1, -0.05) is 6.92 Å². The summed E-state index contributed by atoms with van der Waals surface area (Å²) in [5.74, 6) is 0.199. The fourth-order valence-corrected chi connectivity index (χ4v) is 2.84. The molecule has 1 aliphatic rings. The topological polar surface area (TPSA) is 119 Å². The number of anilines is 1. The Balaban J connectivity index is 1.93. The van der Waals surface area contributed by atoms with E-state index in [0.717, 1.165) is 5.69 Å². The molecule has 2 heterocycles. The summed E-state index contributed by atoms with van der Waals surface area (Å²) in [5, 5.41) is 19.1. The maximum atomic E-state index is 9.75. The summed E-state index contributed by atoms with van der Waals surface area (Å²) in [6.07, 6.45) is 2.73. The lowest BCUT2D eigenvalue weighted by Gasteiger charge is -2.22. The molecule has 0 spiro atoms. The molecule has 0 radical (unpaired) electrons. The van der Waals surface area contributed by atoms with Crippen molar-refractivity contribution in [3.05, 3.63) is 12.0 Å². The predicted octanol–water partition coefficient (Wildman–Crippen LogP) is 0.180. The summed E-state index contributed by atoms with van der Waals surface area (Å²) in [7, 11) is 0. The third-order valence-corrected chi connectivity index (χ3v) is 4.26. The molecule has 3 atom stereocenters. The highest BCUT2D eigenvalue weighted by Crippen LogP contribution is 2.52. The first-order valence-electron chi connectivity index (χ1n) is 7.40. The van der Waals surface area contributed by atoms with Crippen LogP contribution < -0.4 is 5.73 Å². The van der Waals surface area contributed by atoms with Gasteiger partial charge < -0.3 is 25.3 Å². The molecule has 0 bridgehead atoms. The van der Waals surface area contributed by atoms with Crippen LogP contribution in [0, 0.1) is 6.92 Å². The van der Waals surface area contributed by atoms with Crippen LogP contribution in [0.2, 0.25) is 0 Å². The van der Waals surface area contributed by atoms with Gasteiger partial charge in [-0.3, -0.25) is 0 Å². The summed E-state index contributed by atoms with van der Waals surface area (Å²) in [4.78, 5) is 12.7. The number of nitrogens with zero attached hydrogens (tertiary/aromatic N) is 4. The van der Waals surface area contributed by atoms with Crippen LogP contribution in [-0.4, -0.2) is 54.7 Å². The van der Waals surface area contributed by atoms with Gasteiger partial charge >= 0.3 is 0 Å². The summed E-state index contributed by atoms with van der Waals surface area (Å²) in [5.41, 5.74) is 7.09. The van der Waals surface area contributed by atoms with Crippen LogP contribution in [0.3, 0.4) is 0 Å². The Morgan fingerprint density at radius 1 is 1.50 bits per heavy atom. The highest BCUT2D eigenvalue weighted by molar-refractivity contribution is 5.74. The van der Waals surface area contributed by atoms with Crippen LogP contribution in [-0.2, 0) is 4.74 Å². The number of ether oxygens (including phenoxy) is 1. The number of aliphatic hydroxyl groups excluding tert-OH is 2. The van der Waals surface area contributed by atoms with Crippen molar-refractivity contribution in [2.45, 2.75) is 44.4 Å². The second-order valence-electron chi connectivity index (χ2n) is 5.76. The Hall–Kier alpha value is -1.77. The average molecular weight is 307 g/mol. The molecule has 2 aromatic heterocycles. The van der Waals surface area contributed by atoms with Gasteiger partial charge in [0.05, 0.1) is 37.4 Å². The van der Waals surface area contributed by atoms with E-state index in [1.807, 2.05) is 18.4 Å². The van der Waals surface area contributed by atoms with Gasteiger partial charge in [-0.05, 0) is 13.3 Å². The molecule has 0 amide bonds. The predicted molar refractivity (Wildman–Crippen MR) is 80.2 cm³/mol. The largest absolute Gasteiger partial charge is 0.394 e. The second-order valence-corrected chi connectivity index (χ2v) is 5.76. The highest BCUT2D eigenvalue weighted by Gasteiger charge is 2.58. The van der Waals surface area contributed by atoms with Gasteiger partial charge in [0.1, 0.15) is 11.1 Å². The molecule has 0 unspecified atom stereocenters. The van der Waals surface area contributed by atoms with Crippen molar-refractivity contribution in [2.24, 2.45) is 0 Å². The number of hydrogen-bond donors (Lipinski definition) is 3. The van der Waals surface area contributed by atoms with Crippen molar-refractivity contribution in [1.29, 1.82) is 0 Å². The molecule has 22 heavy (non-hydrogen) atoms. The lowest BCUT2D eigenvalue weighted by atomic mass is 10.2. The molecule has 2 aromatic rings. The Kier molecular flexibility index (Phi) is 3.75. The third-order valence-electron chi connectivity index (χ3n) is 4.26. The number of nitrogen functional groups attached to an aromatic ring is 1. The number of aliphatic hydroxyl groups is 2. The second kappa shape index (κ2) is 5.45. The molecule has 1 fully saturated rings. The molecule has 1 aliphatic carbocycles. The minimum absolute atomic E-state index is 0.0656. The van der Waals surface area contributed by atoms with E-state index in [0.29, 0.717) is 24.0 Å². The Labute approximate surface area is 128 Å². The zero-order chi connectivity index (χ0) is 15.9. The van der Waals surface area contributed by atoms with Gasteiger partial charge in [-0.15, -0.1) is 0 Å². The Morgan fingerprint density at radius 3 is 2.91 bits per heavy atom. The van der Waals surface area contributed by atoms with Crippen LogP contribution in [0.1, 0.15) is 31.5 Å². The van der Waals surface area contributed by atoms with E-state index in [2.05, 4.69) is 15.0 Å². The number of aryl methyl sites for hydroxylation is 1. The number of imidazole rings is 1. The molecular weight excluding hydrogens is 286 g/mol. The number of aromatic nitrogens is 4. The molecule has 120 valence electrons. The standard InChI is InChI=1S/C14H21N5O3/c1-3-9(5-20)22-14(6-21)4-10(14)19-7-16-11-8(2)17-13(15)18-12(11)19/h7,9-10,20-21H,3-6H2,1-2H3,(H2,15,17,18)/t9-,10-,14-/m0/s1. The van der Waals surface area contributed by atoms with Gasteiger partial charge in [0.25, 0.3) is 0 Å². The summed E-state index contributed by atoms with van der Waals surface area (Å²) < 4.78 is 7.79. The van der Waals surface area contributed by atoms with Gasteiger partial charge in [-0.2, -0.15) is 4.98 Å². The molecular formula is C14H21N5O3. The van der Waals surface area contributed by atoms with Crippen LogP contribution in [0.4, 0.5) is 5.95 Å². The SMILES string of the molecule is CC[C@@H](CO)O[C@]1(CO)C[C@@H]1n1cnc2c(C)nc(N)nc21. The lowest BCUT2D eigenvalue weighted by molar-refractivity contribution is -0.0839. The molecule has 0 aliphatic heterocycles. The van der Waals surface area contributed by atoms with E-state index >= 15 is 0 Å². The van der Waals surface area contributed by atoms with E-state index < -0.39 is 5.60 Å². The van der Waals surface area contributed by atoms with Gasteiger partial charge in [-0.25, -0.2) is 9.97 Å². The summed E-state index contributed by atoms with van der Waals surface area (Å²) in [6.45, 7) is 3.59. The van der Waals surface area contributed by atoms with Crippen molar-refractivity contribution in [2.75, 3.05) is 18.9 Å². The molecule has 4 N–H and O–H groups in total. The Bertz CT molecular complexity index is 684. The number of fused-ring (bicyclic) bond motifs is 1. The number of hydrogen-bond acceptors (Lipinski definition) is 7. The van der Waals surface area contributed by atoms with E-state index in [4.69, 9.17) is 10.5 Å². The normalized spacial score (nSPS) is 25.5. The lowest BCUT2D eigenvalue weighted by Crippen LogP contribution is -2.31. The molecule has 8 nitrogen and oxygen atoms in total. The van der Waals surface area contributed by atoms with E-state index in [1.54, 1.807) is 6.33 Å². The van der Waals surface area contributed by atoms with Gasteiger partial charge in [0, 0.05) is 6.42 Å². The maximum Gasteiger partial charge on any atom is 0.222 e. The fraction of sp³-hybridized carbons (Fsp3) is 0.643. The van der Waals surface area contributed by atoms with Crippen molar-refractivity contribution in [3.63, 3.8) is 0 Å². The quantitative estimate of drug-likeness (QED) is 0.696. The number of nitrogens with two attached hydrogens (primary N) is 1. The van der Waals surface area contributed by atoms with Gasteiger partial charge in [0.2, 0.25) is 5.95 Å². The van der Waals surface area contributed by atoms with Crippen LogP contribution in [0.5, 0.6) is 0 Å². The zero-order valence-electron chi connectivity index (χ0n) is 12.7. The van der Waals surface area contributed by atoms with E-state index in [-0.39, 0.29) is 31.3 Å². The van der Waals surface area contributed by atoms with Crippen molar-refractivity contribution >= 4 is 17.1 Å². The monoisotopic (exact) mass is 307 g/mol. The third kappa shape index (κ3) is 2.33. The van der Waals surface area contributed by atoms with Crippen LogP contribution in [0.15, 0.2) is 6.33 Å². The number of rotatable bonds is 6. The minimum Gasteiger partial charge on any atom is -0.394 e. The van der Waals surface area contributed by atoms with Gasteiger partial charge in [0.15, 0.2) is 5.65 Å².